The zero-order valence-corrected chi connectivity index (χ0v) is 66.5. The second kappa shape index (κ2) is 54.0. The summed E-state index contributed by atoms with van der Waals surface area (Å²) in [6.07, 6.45) is 0.924. The topological polar surface area (TPSA) is 22.2 Å². The summed E-state index contributed by atoms with van der Waals surface area (Å²) in [5, 5.41) is 0. The molecule has 0 aliphatic heterocycles. The Morgan fingerprint density at radius 3 is 1.17 bits per heavy atom. The largest absolute Gasteiger partial charge is 0.670 e. The molecule has 0 unspecified atom stereocenters. The third-order valence-corrected chi connectivity index (χ3v) is 7.09. The van der Waals surface area contributed by atoms with Crippen LogP contribution in [0.2, 0.25) is 0 Å². The minimum absolute atomic E-state index is 0. The van der Waals surface area contributed by atoms with Crippen LogP contribution >= 0.6 is 0 Å². The van der Waals surface area contributed by atoms with Crippen molar-refractivity contribution < 1.29 is 365 Å². The maximum Gasteiger partial charge on any atom is 0.0862 e. The second-order valence-corrected chi connectivity index (χ2v) is 11.2. The number of hydrogen-bond donors (Lipinski definition) is 0. The molecular weight excluding hydrogens is 1580 g/mol. The molecule has 0 aromatic heterocycles. The Morgan fingerprint density at radius 1 is 0.433 bits per heavy atom. The zero-order valence-electron chi connectivity index (χ0n) is 35.2. The predicted molar refractivity (Wildman–Crippen MR) is 212 cm³/mol. The monoisotopic (exact) mass is 1630 g/mol. The molecule has 0 heterocycles. The van der Waals surface area contributed by atoms with Crippen LogP contribution in [0.25, 0.3) is 0 Å². The number of benzene rings is 5. The summed E-state index contributed by atoms with van der Waals surface area (Å²) >= 11 is 0. The average Bonchev–Trinajstić information content (AvgIpc) is 3.10. The quantitative estimate of drug-likeness (QED) is 0.144. The van der Waals surface area contributed by atoms with Gasteiger partial charge in [-0.1, -0.05) is 78.9 Å². The van der Waals surface area contributed by atoms with Crippen molar-refractivity contribution >= 4 is 22.7 Å². The summed E-state index contributed by atoms with van der Waals surface area (Å²) in [5.41, 5.74) is 8.94. The van der Waals surface area contributed by atoms with Crippen LogP contribution < -0.4 is 24.3 Å². The van der Waals surface area contributed by atoms with E-state index in [1.807, 2.05) is 97.9 Å². The number of anilines is 4. The maximum atomic E-state index is 4.77. The summed E-state index contributed by atoms with van der Waals surface area (Å²) in [4.78, 5) is 6.33. The Balaban J connectivity index is -0.0000000680. The molecular formula is C44H49N4OY11-11. The normalized spacial score (nSPS) is 8.08. The van der Waals surface area contributed by atoms with E-state index in [0.29, 0.717) is 5.75 Å². The molecule has 5 aromatic rings. The van der Waals surface area contributed by atoms with Crippen LogP contribution in [0, 0.1) is 84.3 Å². The van der Waals surface area contributed by atoms with E-state index < -0.39 is 0 Å². The maximum absolute atomic E-state index is 4.77. The van der Waals surface area contributed by atoms with Crippen molar-refractivity contribution in [2.75, 3.05) is 19.6 Å². The van der Waals surface area contributed by atoms with Crippen LogP contribution in [0.3, 0.4) is 0 Å². The van der Waals surface area contributed by atoms with E-state index in [0.717, 1.165) is 29.2 Å². The molecule has 0 amide bonds. The van der Waals surface area contributed by atoms with Crippen molar-refractivity contribution in [3.8, 4) is 5.75 Å². The Morgan fingerprint density at radius 2 is 0.817 bits per heavy atom. The van der Waals surface area contributed by atoms with Crippen molar-refractivity contribution in [2.24, 2.45) is 0 Å². The summed E-state index contributed by atoms with van der Waals surface area (Å²) in [5.74, 6) is 0.799. The van der Waals surface area contributed by atoms with Crippen LogP contribution in [-0.2, 0) is 366 Å². The molecule has 5 nitrogen and oxygen atoms in total. The number of rotatable bonds is 8. The van der Waals surface area contributed by atoms with Crippen molar-refractivity contribution in [1.82, 2.24) is 0 Å². The zero-order chi connectivity index (χ0) is 36.3. The minimum atomic E-state index is 0. The molecule has 5 aromatic carbocycles. The van der Waals surface area contributed by atoms with Crippen molar-refractivity contribution in [3.63, 3.8) is 0 Å². The van der Waals surface area contributed by atoms with Gasteiger partial charge in [0.05, 0.1) is 5.75 Å². The molecule has 0 aliphatic rings. The van der Waals surface area contributed by atoms with Gasteiger partial charge in [0.1, 0.15) is 0 Å². The number of nitrogens with zero attached hydrogens (tertiary/aromatic N) is 4. The molecule has 0 N–H and O–H groups in total. The predicted octanol–water partition coefficient (Wildman–Crippen LogP) is 11.1. The first-order valence-corrected chi connectivity index (χ1v) is 15.4. The van der Waals surface area contributed by atoms with Crippen LogP contribution in [0.5, 0.6) is 5.75 Å². The van der Waals surface area contributed by atoms with Crippen LogP contribution in [0.1, 0.15) is 28.2 Å². The Hall–Kier alpha value is 7.24. The first-order valence-electron chi connectivity index (χ1n) is 15.4. The van der Waals surface area contributed by atoms with Gasteiger partial charge in [-0.3, -0.25) is 62.3 Å². The van der Waals surface area contributed by atoms with Crippen molar-refractivity contribution in [1.29, 1.82) is 0 Å². The summed E-state index contributed by atoms with van der Waals surface area (Å²) in [6, 6.07) is 42.0. The molecule has 0 saturated carbocycles. The third kappa shape index (κ3) is 39.8. The molecule has 11 radical (unpaired) electrons. The molecule has 0 fully saturated rings. The number of para-hydroxylation sites is 2. The standard InChI is InChI=1S/C18H19N.C9H10NO.C9H11N.C8H9N.11Y/c1-14(2)17-9-5-15(6-10-17)13-16-7-11-18(12-8-16)19(3)4;1-10(2)8-5-4-6-9(7-8)11-3;1-8-6-4-5-7-9(8)10(2)3;1-9(2)8-6-4-3-5-7-8;;;;;;;;;;;/h5-12,14H,1-4,13H2;4-7H,1-3H2;4-7H,2-3H2,1H3;3-7H,1-2H2;;;;;;;;;;;/q-4;-3;2*-2;;;;;;;;;;;. The second-order valence-electron chi connectivity index (χ2n) is 11.2. The molecule has 16 heteroatoms. The smallest absolute Gasteiger partial charge is 0.0862 e. The van der Waals surface area contributed by atoms with Crippen LogP contribution in [-0.4, -0.2) is 0 Å². The first-order chi connectivity index (χ1) is 23.3. The van der Waals surface area contributed by atoms with Gasteiger partial charge in [0.15, 0.2) is 0 Å². The molecule has 60 heavy (non-hydrogen) atoms. The number of hydrogen-bond acceptors (Lipinski definition) is 5. The fourth-order valence-corrected chi connectivity index (χ4v) is 4.30. The fraction of sp³-hybridized carbons (Fsp3) is 0.0682. The van der Waals surface area contributed by atoms with E-state index >= 15 is 0 Å². The first kappa shape index (κ1) is 90.0. The summed E-state index contributed by atoms with van der Waals surface area (Å²) in [6.45, 7) is 9.88. The van der Waals surface area contributed by atoms with E-state index in [9.17, 15) is 0 Å². The SMILES string of the molecule is [CH2-]C([CH2-])c1ccc(Cc2ccc(N([CH2-])[CH2-])cc2)cc1.[CH2-]N([CH2-])c1ccccc1.[CH2-]N([CH2-])c1ccccc1C.[CH2-]Oc1cccc(N([CH2-])[CH2-])c1.[Y].[Y].[Y].[Y].[Y].[Y].[Y].[Y].[Y].[Y].[Y]. The van der Waals surface area contributed by atoms with E-state index in [1.165, 1.54) is 27.2 Å². The number of aryl methyl sites for hydroxylation is 1. The average molecular weight is 1630 g/mol. The molecule has 0 aliphatic carbocycles. The van der Waals surface area contributed by atoms with E-state index in [2.05, 4.69) is 114 Å². The van der Waals surface area contributed by atoms with Gasteiger partial charge in [-0.25, -0.2) is 0 Å². The number of ether oxygens (including phenoxy) is 1. The fourth-order valence-electron chi connectivity index (χ4n) is 4.30. The Labute approximate surface area is 643 Å². The van der Waals surface area contributed by atoms with Gasteiger partial charge in [0, 0.05) is 360 Å². The van der Waals surface area contributed by atoms with Crippen molar-refractivity contribution in [3.05, 3.63) is 227 Å². The molecule has 0 spiro atoms. The van der Waals surface area contributed by atoms with Crippen LogP contribution in [0.15, 0.2) is 127 Å². The van der Waals surface area contributed by atoms with Gasteiger partial charge in [-0.2, -0.15) is 7.11 Å². The third-order valence-electron chi connectivity index (χ3n) is 7.09. The van der Waals surface area contributed by atoms with Gasteiger partial charge in [0.2, 0.25) is 0 Å². The van der Waals surface area contributed by atoms with Gasteiger partial charge in [0.25, 0.3) is 0 Å². The Kier molecular flexibility index (Phi) is 81.1. The van der Waals surface area contributed by atoms with E-state index in [1.54, 1.807) is 14.7 Å². The van der Waals surface area contributed by atoms with E-state index in [-0.39, 0.29) is 366 Å². The molecule has 0 atom stereocenters. The van der Waals surface area contributed by atoms with Crippen LogP contribution in [0.4, 0.5) is 22.7 Å². The van der Waals surface area contributed by atoms with E-state index in [4.69, 9.17) is 4.74 Å². The van der Waals surface area contributed by atoms with Gasteiger partial charge >= 0.3 is 0 Å². The summed E-state index contributed by atoms with van der Waals surface area (Å²) in [7, 11) is 32.7. The molecule has 0 saturated heterocycles. The van der Waals surface area contributed by atoms with Gasteiger partial charge in [-0.15, -0.1) is 5.56 Å². The van der Waals surface area contributed by atoms with Crippen molar-refractivity contribution in [2.45, 2.75) is 19.3 Å². The molecule has 295 valence electrons. The Bertz CT molecular complexity index is 1580. The summed E-state index contributed by atoms with van der Waals surface area (Å²) < 4.78 is 4.77. The van der Waals surface area contributed by atoms with Gasteiger partial charge in [-0.05, 0) is 101 Å². The van der Waals surface area contributed by atoms with Gasteiger partial charge < -0.3 is 38.2 Å². The molecule has 5 rings (SSSR count). The minimum Gasteiger partial charge on any atom is -0.670 e. The molecule has 0 bridgehead atoms.